The number of benzene rings is 4. The summed E-state index contributed by atoms with van der Waals surface area (Å²) in [4.78, 5) is 162. The number of ether oxygens (including phenoxy) is 3. The summed E-state index contributed by atoms with van der Waals surface area (Å²) < 4.78 is 57.2. The molecule has 1 saturated carbocycles. The summed E-state index contributed by atoms with van der Waals surface area (Å²) in [5, 5.41) is 13.5. The molecule has 8 aliphatic rings. The summed E-state index contributed by atoms with van der Waals surface area (Å²) in [5.41, 5.74) is 15.9. The third kappa shape index (κ3) is 25.0. The quantitative estimate of drug-likeness (QED) is 0.0226. The van der Waals surface area contributed by atoms with E-state index in [0.717, 1.165) is 247 Å². The van der Waals surface area contributed by atoms with Gasteiger partial charge in [0.15, 0.2) is 0 Å². The van der Waals surface area contributed by atoms with Crippen LogP contribution in [0.1, 0.15) is 267 Å². The Morgan fingerprint density at radius 2 is 0.600 bits per heavy atom. The van der Waals surface area contributed by atoms with Crippen LogP contribution in [0.4, 0.5) is 13.2 Å². The van der Waals surface area contributed by atoms with E-state index >= 15 is 0 Å². The van der Waals surface area contributed by atoms with Gasteiger partial charge in [-0.1, -0.05) is 105 Å². The van der Waals surface area contributed by atoms with Gasteiger partial charge in [0.05, 0.1) is 85.6 Å². The number of amides is 8. The average molecular weight is 2050 g/mol. The van der Waals surface area contributed by atoms with Crippen LogP contribution in [0, 0.1) is 85.6 Å². The van der Waals surface area contributed by atoms with E-state index in [1.165, 1.54) is 42.8 Å². The monoisotopic (exact) mass is 2050 g/mol. The number of nitrogens with one attached hydrogen (secondary N) is 8. The fourth-order valence-corrected chi connectivity index (χ4v) is 22.7. The Hall–Kier alpha value is -13.1. The molecular weight excluding hydrogens is 1900 g/mol. The lowest BCUT2D eigenvalue weighted by Crippen LogP contribution is -2.54. The Morgan fingerprint density at radius 1 is 0.327 bits per heavy atom. The van der Waals surface area contributed by atoms with Gasteiger partial charge in [-0.2, -0.15) is 0 Å². The molecule has 7 aliphatic heterocycles. The molecule has 8 fully saturated rings. The van der Waals surface area contributed by atoms with Crippen LogP contribution in [0.15, 0.2) is 140 Å². The van der Waals surface area contributed by atoms with Gasteiger partial charge in [-0.25, -0.2) is 43.1 Å². The van der Waals surface area contributed by atoms with Gasteiger partial charge in [-0.05, 0) is 276 Å². The SMILES string of the molecule is CC[C@@H](C)C(=O)N[C@H](C(=O)N1CCC[C@H]1c1cc2ccnc(-c3ccc(F)cc3)c2[nH]1)C1CCOCC1.CC[C@@H](C)C(=O)N[C@H](C(=O)N1CCC[C@H]1c1cc2nc(C)nc(-c3ccc(F)cc3)c2[nH]1)C1CCCCC1.CC[C@@H](C)C(=O)N[C@H](C(=O)N1CCC[C@H]1c1cc2nc(C)nc(-c3ccc(F)cc3)c2[nH]1)C1CCOCC1.CC[C@@H](C)C(=O)N[C@H](C(=O)N1CCC[C@H]1c1cc2nc(C)nc(-c3ccccc3)c2[nH]1)C1CCOCC1. The van der Waals surface area contributed by atoms with Crippen LogP contribution >= 0.6 is 0 Å². The molecular formula is C117H146F3N19O11. The van der Waals surface area contributed by atoms with Crippen molar-refractivity contribution in [2.75, 3.05) is 65.8 Å². The second-order valence-corrected chi connectivity index (χ2v) is 42.2. The van der Waals surface area contributed by atoms with Crippen molar-refractivity contribution in [3.63, 3.8) is 0 Å². The number of halogens is 3. The van der Waals surface area contributed by atoms with Gasteiger partial charge in [0, 0.05) is 146 Å². The van der Waals surface area contributed by atoms with Crippen molar-refractivity contribution >= 4 is 91.3 Å². The molecule has 15 heterocycles. The molecule has 12 aromatic rings. The largest absolute Gasteiger partial charge is 0.381 e. The van der Waals surface area contributed by atoms with Crippen LogP contribution in [0.25, 0.3) is 89.0 Å². The van der Waals surface area contributed by atoms with Gasteiger partial charge in [-0.15, -0.1) is 0 Å². The number of hydrogen-bond donors (Lipinski definition) is 8. The topological polar surface area (TPSA) is 379 Å². The number of carbonyl (C=O) groups is 8. The summed E-state index contributed by atoms with van der Waals surface area (Å²) in [6.07, 6.45) is 21.5. The number of aromatic nitrogens is 11. The molecule has 4 aromatic carbocycles. The van der Waals surface area contributed by atoms with Crippen molar-refractivity contribution < 1.29 is 65.7 Å². The molecule has 30 nitrogen and oxygen atoms in total. The Kier molecular flexibility index (Phi) is 35.9. The van der Waals surface area contributed by atoms with E-state index in [2.05, 4.69) is 83.2 Å². The van der Waals surface area contributed by atoms with Gasteiger partial charge < -0.3 is 75.0 Å². The molecule has 8 N–H and O–H groups in total. The van der Waals surface area contributed by atoms with E-state index in [9.17, 15) is 51.5 Å². The van der Waals surface area contributed by atoms with Crippen LogP contribution in [0.3, 0.4) is 0 Å². The molecule has 33 heteroatoms. The fraction of sp³-hybridized carbons (Fsp3) is 0.513. The number of hydrogen-bond acceptors (Lipinski definition) is 18. The van der Waals surface area contributed by atoms with Gasteiger partial charge in [0.2, 0.25) is 47.3 Å². The minimum Gasteiger partial charge on any atom is -0.381 e. The van der Waals surface area contributed by atoms with E-state index in [-0.39, 0.29) is 136 Å². The highest BCUT2D eigenvalue weighted by Crippen LogP contribution is 2.44. The Bertz CT molecular complexity index is 6490. The summed E-state index contributed by atoms with van der Waals surface area (Å²) in [5.74, 6) is 0.656. The van der Waals surface area contributed by atoms with Crippen molar-refractivity contribution in [2.24, 2.45) is 47.3 Å². The molecule has 0 spiro atoms. The number of aromatic amines is 4. The summed E-state index contributed by atoms with van der Waals surface area (Å²) >= 11 is 0. The van der Waals surface area contributed by atoms with Crippen LogP contribution in [0.2, 0.25) is 0 Å². The van der Waals surface area contributed by atoms with E-state index in [1.807, 2.05) is 144 Å². The Morgan fingerprint density at radius 3 is 0.900 bits per heavy atom. The minimum atomic E-state index is -0.567. The number of fused-ring (bicyclic) bond motifs is 4. The van der Waals surface area contributed by atoms with Gasteiger partial charge >= 0.3 is 0 Å². The van der Waals surface area contributed by atoms with Gasteiger partial charge in [-0.3, -0.25) is 43.3 Å². The predicted molar refractivity (Wildman–Crippen MR) is 571 cm³/mol. The fourth-order valence-electron chi connectivity index (χ4n) is 22.7. The highest BCUT2D eigenvalue weighted by molar-refractivity contribution is 5.97. The molecule has 20 rings (SSSR count). The van der Waals surface area contributed by atoms with Gasteiger partial charge in [0.25, 0.3) is 0 Å². The number of rotatable bonds is 28. The molecule has 1 aliphatic carbocycles. The standard InChI is InChI=1S/C30H38FN5O2.C29H36FN5O3.C29H35FN4O3.C29H37N5O3/c1-4-18(2)29(37)35-27(20-9-6-5-7-10-20)30(38)36-16-8-11-25(36)23-17-24-28(34-23)26(33-19(3)32-24)21-12-14-22(31)15-13-21;1-4-17(2)28(36)34-26(20-11-14-38-15-12-20)29(37)35-13-5-6-24(35)22-16-23-27(33-22)25(32-18(3)31-23)19-7-9-21(30)10-8-19;1-3-18(2)28(35)33-27(20-11-15-37-16-12-20)29(36)34-14-4-5-24(34)23-17-21-10-13-31-25(26(21)32-23)19-6-8-22(30)9-7-19;1-4-18(2)28(35)33-26(21-12-15-37-16-13-21)29(36)34-14-8-11-24(34)22-17-23-27(32-22)25(31-19(3)30-23)20-9-6-5-7-10-20/h12-15,17-18,20,25,27,34H,4-11,16H2,1-3H3,(H,35,37);7-10,16-17,20,24,26,33H,4-6,11-15H2,1-3H3,(H,34,36);6-10,13,17-18,20,24,27,32H,3-5,11-12,14-16H2,1-2H3,(H,33,35);5-7,9-10,17-18,21,24,26,32H,4,8,11-16H2,1-3H3,(H,33,35)/t18-,25+,27+;17-,24+,26+;18-,24+,27+;18-,24+,26+/m1111/s1. The third-order valence-electron chi connectivity index (χ3n) is 32.2. The highest BCUT2D eigenvalue weighted by atomic mass is 19.1. The Balaban J connectivity index is 0.000000136. The van der Waals surface area contributed by atoms with Crippen molar-refractivity contribution in [1.82, 2.24) is 95.7 Å². The molecule has 7 saturated heterocycles. The van der Waals surface area contributed by atoms with Crippen LogP contribution in [0.5, 0.6) is 0 Å². The van der Waals surface area contributed by atoms with Crippen molar-refractivity contribution in [2.45, 2.75) is 272 Å². The van der Waals surface area contributed by atoms with E-state index in [1.54, 1.807) is 42.6 Å². The van der Waals surface area contributed by atoms with E-state index in [0.29, 0.717) is 89.0 Å². The summed E-state index contributed by atoms with van der Waals surface area (Å²) in [7, 11) is 0. The third-order valence-corrected chi connectivity index (χ3v) is 32.2. The smallest absolute Gasteiger partial charge is 0.246 e. The molecule has 12 atom stereocenters. The second-order valence-electron chi connectivity index (χ2n) is 42.2. The maximum absolute atomic E-state index is 14.1. The Labute approximate surface area is 875 Å². The molecule has 0 unspecified atom stereocenters. The molecule has 796 valence electrons. The zero-order chi connectivity index (χ0) is 106. The van der Waals surface area contributed by atoms with Crippen LogP contribution in [-0.4, -0.2) is 212 Å². The van der Waals surface area contributed by atoms with E-state index in [4.69, 9.17) is 19.2 Å². The molecule has 0 radical (unpaired) electrons. The van der Waals surface area contributed by atoms with E-state index < -0.39 is 24.2 Å². The lowest BCUT2D eigenvalue weighted by molar-refractivity contribution is -0.141. The number of carbonyl (C=O) groups excluding carboxylic acids is 8. The van der Waals surface area contributed by atoms with Crippen molar-refractivity contribution in [1.29, 1.82) is 0 Å². The summed E-state index contributed by atoms with van der Waals surface area (Å²) in [6.45, 7) is 27.5. The zero-order valence-corrected chi connectivity index (χ0v) is 88.4. The zero-order valence-electron chi connectivity index (χ0n) is 88.4. The predicted octanol–water partition coefficient (Wildman–Crippen LogP) is 20.1. The van der Waals surface area contributed by atoms with Crippen molar-refractivity contribution in [3.8, 4) is 45.0 Å². The molecule has 8 amide bonds. The first-order valence-electron chi connectivity index (χ1n) is 54.7. The summed E-state index contributed by atoms with van der Waals surface area (Å²) in [6, 6.07) is 36.5. The first kappa shape index (κ1) is 108. The number of aryl methyl sites for hydroxylation is 3. The first-order chi connectivity index (χ1) is 72.6. The number of likely N-dealkylation sites (tertiary alicyclic amines) is 4. The van der Waals surface area contributed by atoms with Crippen LogP contribution in [-0.2, 0) is 52.6 Å². The number of nitrogens with zero attached hydrogens (tertiary/aromatic N) is 11. The lowest BCUT2D eigenvalue weighted by Gasteiger charge is -2.35. The first-order valence-corrected chi connectivity index (χ1v) is 54.7. The minimum absolute atomic E-state index is 0.00950. The number of pyridine rings is 1. The second kappa shape index (κ2) is 49.8. The lowest BCUT2D eigenvalue weighted by atomic mass is 9.83. The molecule has 8 aromatic heterocycles. The molecule has 0 bridgehead atoms. The van der Waals surface area contributed by atoms with Gasteiger partial charge in [0.1, 0.15) is 59.1 Å². The normalized spacial score (nSPS) is 20.1. The van der Waals surface area contributed by atoms with Crippen molar-refractivity contribution in [3.05, 3.63) is 197 Å². The van der Waals surface area contributed by atoms with Crippen LogP contribution < -0.4 is 21.3 Å². The maximum Gasteiger partial charge on any atom is 0.246 e. The highest BCUT2D eigenvalue weighted by Gasteiger charge is 2.46. The maximum atomic E-state index is 14.1. The number of H-pyrrole nitrogens is 4. The average Bonchev–Trinajstić information content (AvgIpc) is 1.69. The molecule has 150 heavy (non-hydrogen) atoms.